The van der Waals surface area contributed by atoms with Crippen LogP contribution in [0.4, 0.5) is 0 Å². The number of aryl methyl sites for hydroxylation is 2. The molecule has 0 radical (unpaired) electrons. The van der Waals surface area contributed by atoms with E-state index in [1.165, 1.54) is 5.56 Å². The molecule has 1 saturated heterocycles. The predicted octanol–water partition coefficient (Wildman–Crippen LogP) is 4.30. The Labute approximate surface area is 157 Å². The summed E-state index contributed by atoms with van der Waals surface area (Å²) in [6.07, 6.45) is 2.24. The quantitative estimate of drug-likeness (QED) is 0.807. The van der Waals surface area contributed by atoms with E-state index in [0.717, 1.165) is 55.0 Å². The molecular weight excluding hydrogens is 380 g/mol. The zero-order chi connectivity index (χ0) is 17.8. The first-order valence-electron chi connectivity index (χ1n) is 8.83. The Hall–Kier alpha value is -1.59. The number of nitrogens with one attached hydrogen (secondary N) is 1. The number of likely N-dealkylation sites (tertiary alicyclic amines) is 1. The van der Waals surface area contributed by atoms with Crippen molar-refractivity contribution < 1.29 is 9.21 Å². The molecule has 1 amide bonds. The maximum absolute atomic E-state index is 12.2. The number of nitrogens with zero attached hydrogens (tertiary/aromatic N) is 1. The number of rotatable bonds is 5. The smallest absolute Gasteiger partial charge is 0.251 e. The van der Waals surface area contributed by atoms with Gasteiger partial charge in [0.05, 0.1) is 0 Å². The average Bonchev–Trinajstić information content (AvgIpc) is 2.91. The summed E-state index contributed by atoms with van der Waals surface area (Å²) in [6, 6.07) is 9.65. The molecule has 134 valence electrons. The minimum absolute atomic E-state index is 0.00762. The van der Waals surface area contributed by atoms with Gasteiger partial charge >= 0.3 is 0 Å². The number of benzene rings is 1. The second-order valence-electron chi connectivity index (χ2n) is 6.88. The third-order valence-corrected chi connectivity index (χ3v) is 5.38. The lowest BCUT2D eigenvalue weighted by Gasteiger charge is -2.31. The Morgan fingerprint density at radius 2 is 2.04 bits per heavy atom. The molecular formula is C20H25BrN2O2. The summed E-state index contributed by atoms with van der Waals surface area (Å²) in [6.45, 7) is 7.88. The normalized spacial score (nSPS) is 16.1. The first-order chi connectivity index (χ1) is 12.0. The molecule has 4 nitrogen and oxygen atoms in total. The minimum Gasteiger partial charge on any atom is -0.466 e. The second kappa shape index (κ2) is 8.19. The van der Waals surface area contributed by atoms with Crippen LogP contribution in [0.2, 0.25) is 0 Å². The van der Waals surface area contributed by atoms with Crippen molar-refractivity contribution >= 4 is 21.8 Å². The summed E-state index contributed by atoms with van der Waals surface area (Å²) >= 11 is 3.41. The Balaban J connectivity index is 1.43. The van der Waals surface area contributed by atoms with Gasteiger partial charge in [0.1, 0.15) is 11.5 Å². The first kappa shape index (κ1) is 18.2. The Morgan fingerprint density at radius 3 is 2.68 bits per heavy atom. The molecule has 3 rings (SSSR count). The minimum atomic E-state index is 0.00762. The molecule has 1 fully saturated rings. The number of hydrogen-bond acceptors (Lipinski definition) is 3. The van der Waals surface area contributed by atoms with Crippen molar-refractivity contribution in [1.82, 2.24) is 10.2 Å². The molecule has 25 heavy (non-hydrogen) atoms. The van der Waals surface area contributed by atoms with Gasteiger partial charge in [0.2, 0.25) is 0 Å². The van der Waals surface area contributed by atoms with E-state index in [-0.39, 0.29) is 5.91 Å². The summed E-state index contributed by atoms with van der Waals surface area (Å²) < 4.78 is 6.54. The summed E-state index contributed by atoms with van der Waals surface area (Å²) in [4.78, 5) is 14.7. The van der Waals surface area contributed by atoms with Gasteiger partial charge < -0.3 is 9.73 Å². The number of halogens is 1. The number of amides is 1. The monoisotopic (exact) mass is 404 g/mol. The van der Waals surface area contributed by atoms with Crippen molar-refractivity contribution in [2.24, 2.45) is 5.92 Å². The zero-order valence-electron chi connectivity index (χ0n) is 14.8. The van der Waals surface area contributed by atoms with Crippen LogP contribution in [0.3, 0.4) is 0 Å². The van der Waals surface area contributed by atoms with Crippen LogP contribution < -0.4 is 5.32 Å². The number of hydrogen-bond donors (Lipinski definition) is 1. The van der Waals surface area contributed by atoms with Crippen LogP contribution in [-0.2, 0) is 6.54 Å². The number of carbonyl (C=O) groups is 1. The maximum Gasteiger partial charge on any atom is 0.251 e. The van der Waals surface area contributed by atoms with Crippen LogP contribution >= 0.6 is 15.9 Å². The summed E-state index contributed by atoms with van der Waals surface area (Å²) in [7, 11) is 0. The van der Waals surface area contributed by atoms with Crippen molar-refractivity contribution in [3.63, 3.8) is 0 Å². The van der Waals surface area contributed by atoms with E-state index in [0.29, 0.717) is 11.5 Å². The Morgan fingerprint density at radius 1 is 1.28 bits per heavy atom. The fourth-order valence-electron chi connectivity index (χ4n) is 3.40. The highest BCUT2D eigenvalue weighted by atomic mass is 79.9. The maximum atomic E-state index is 12.2. The van der Waals surface area contributed by atoms with Crippen molar-refractivity contribution in [3.8, 4) is 0 Å². The number of piperidine rings is 1. The third kappa shape index (κ3) is 4.95. The van der Waals surface area contributed by atoms with E-state index in [9.17, 15) is 4.79 Å². The number of furan rings is 1. The molecule has 0 bridgehead atoms. The fraction of sp³-hybridized carbons (Fsp3) is 0.450. The highest BCUT2D eigenvalue weighted by Gasteiger charge is 2.21. The largest absolute Gasteiger partial charge is 0.466 e. The Kier molecular flexibility index (Phi) is 5.97. The summed E-state index contributed by atoms with van der Waals surface area (Å²) in [5.41, 5.74) is 2.00. The van der Waals surface area contributed by atoms with E-state index in [4.69, 9.17) is 4.42 Å². The van der Waals surface area contributed by atoms with Gasteiger partial charge in [-0.25, -0.2) is 0 Å². The van der Waals surface area contributed by atoms with E-state index in [2.05, 4.69) is 32.2 Å². The molecule has 1 aromatic heterocycles. The van der Waals surface area contributed by atoms with Crippen molar-refractivity contribution in [2.45, 2.75) is 33.2 Å². The van der Waals surface area contributed by atoms with Gasteiger partial charge in [-0.05, 0) is 70.0 Å². The molecule has 1 aliphatic rings. The number of carbonyl (C=O) groups excluding carboxylic acids is 1. The van der Waals surface area contributed by atoms with Crippen LogP contribution in [0.1, 0.15) is 40.3 Å². The topological polar surface area (TPSA) is 45.5 Å². The van der Waals surface area contributed by atoms with Crippen LogP contribution in [0.15, 0.2) is 39.2 Å². The van der Waals surface area contributed by atoms with E-state index in [1.54, 1.807) is 0 Å². The van der Waals surface area contributed by atoms with E-state index in [1.807, 2.05) is 38.1 Å². The van der Waals surface area contributed by atoms with Crippen molar-refractivity contribution in [2.75, 3.05) is 19.6 Å². The standard InChI is InChI=1S/C20H25BrN2O2/c1-14-10-18(15(2)25-14)13-23-8-6-16(7-9-23)12-22-20(24)17-4-3-5-19(21)11-17/h3-5,10-11,16H,6-9,12-13H2,1-2H3,(H,22,24). The van der Waals surface area contributed by atoms with Crippen LogP contribution in [0.5, 0.6) is 0 Å². The third-order valence-electron chi connectivity index (χ3n) is 4.88. The van der Waals surface area contributed by atoms with Gasteiger partial charge in [-0.15, -0.1) is 0 Å². The molecule has 1 aromatic carbocycles. The molecule has 0 unspecified atom stereocenters. The highest BCUT2D eigenvalue weighted by molar-refractivity contribution is 9.10. The van der Waals surface area contributed by atoms with Gasteiger partial charge in [0, 0.05) is 28.7 Å². The highest BCUT2D eigenvalue weighted by Crippen LogP contribution is 2.21. The SMILES string of the molecule is Cc1cc(CN2CCC(CNC(=O)c3cccc(Br)c3)CC2)c(C)o1. The molecule has 0 spiro atoms. The zero-order valence-corrected chi connectivity index (χ0v) is 16.4. The Bertz CT molecular complexity index is 733. The van der Waals surface area contributed by atoms with Gasteiger partial charge in [-0.1, -0.05) is 22.0 Å². The molecule has 0 aliphatic carbocycles. The molecule has 1 aliphatic heterocycles. The van der Waals surface area contributed by atoms with Crippen molar-refractivity contribution in [1.29, 1.82) is 0 Å². The first-order valence-corrected chi connectivity index (χ1v) is 9.62. The molecule has 0 atom stereocenters. The second-order valence-corrected chi connectivity index (χ2v) is 7.79. The lowest BCUT2D eigenvalue weighted by Crippen LogP contribution is -2.38. The molecule has 0 saturated carbocycles. The molecule has 5 heteroatoms. The van der Waals surface area contributed by atoms with Crippen LogP contribution in [-0.4, -0.2) is 30.4 Å². The molecule has 2 aromatic rings. The van der Waals surface area contributed by atoms with E-state index >= 15 is 0 Å². The van der Waals surface area contributed by atoms with Gasteiger partial charge in [0.25, 0.3) is 5.91 Å². The molecule has 1 N–H and O–H groups in total. The molecule has 2 heterocycles. The summed E-state index contributed by atoms with van der Waals surface area (Å²) in [5.74, 6) is 2.58. The lowest BCUT2D eigenvalue weighted by molar-refractivity contribution is 0.0935. The van der Waals surface area contributed by atoms with Crippen molar-refractivity contribution in [3.05, 3.63) is 57.5 Å². The average molecular weight is 405 g/mol. The lowest BCUT2D eigenvalue weighted by atomic mass is 9.96. The fourth-order valence-corrected chi connectivity index (χ4v) is 3.80. The van der Waals surface area contributed by atoms with E-state index < -0.39 is 0 Å². The van der Waals surface area contributed by atoms with Gasteiger partial charge in [-0.3, -0.25) is 9.69 Å². The van der Waals surface area contributed by atoms with Gasteiger partial charge in [0.15, 0.2) is 0 Å². The van der Waals surface area contributed by atoms with Crippen LogP contribution in [0.25, 0.3) is 0 Å². The summed E-state index contributed by atoms with van der Waals surface area (Å²) in [5, 5.41) is 3.08. The van der Waals surface area contributed by atoms with Crippen LogP contribution in [0, 0.1) is 19.8 Å². The predicted molar refractivity (Wildman–Crippen MR) is 103 cm³/mol. The van der Waals surface area contributed by atoms with Gasteiger partial charge in [-0.2, -0.15) is 0 Å².